The van der Waals surface area contributed by atoms with Crippen LogP contribution in [-0.2, 0) is 4.79 Å². The highest BCUT2D eigenvalue weighted by Crippen LogP contribution is 2.19. The van der Waals surface area contributed by atoms with Crippen LogP contribution in [-0.4, -0.2) is 23.4 Å². The van der Waals surface area contributed by atoms with Crippen molar-refractivity contribution in [1.29, 1.82) is 5.26 Å². The van der Waals surface area contributed by atoms with E-state index in [0.717, 1.165) is 19.4 Å². The van der Waals surface area contributed by atoms with Gasteiger partial charge in [0.2, 0.25) is 5.91 Å². The summed E-state index contributed by atoms with van der Waals surface area (Å²) in [6.07, 6.45) is 3.72. The molecule has 1 aliphatic rings. The van der Waals surface area contributed by atoms with Crippen LogP contribution in [0, 0.1) is 11.3 Å². The second kappa shape index (κ2) is 3.91. The van der Waals surface area contributed by atoms with Gasteiger partial charge in [-0.25, -0.2) is 0 Å². The monoisotopic (exact) mass is 164 g/mol. The van der Waals surface area contributed by atoms with E-state index in [2.05, 4.69) is 12.6 Å². The van der Waals surface area contributed by atoms with Gasteiger partial charge >= 0.3 is 0 Å². The van der Waals surface area contributed by atoms with E-state index in [0.29, 0.717) is 6.42 Å². The molecular weight excluding hydrogens is 152 g/mol. The molecule has 3 heteroatoms. The second-order valence-electron chi connectivity index (χ2n) is 2.89. The van der Waals surface area contributed by atoms with Crippen LogP contribution in [0.3, 0.4) is 0 Å². The van der Waals surface area contributed by atoms with E-state index in [1.54, 1.807) is 4.90 Å². The number of nitrogens with zero attached hydrogens (tertiary/aromatic N) is 2. The minimum Gasteiger partial charge on any atom is -0.335 e. The molecule has 1 saturated heterocycles. The minimum absolute atomic E-state index is 0.0484. The fourth-order valence-corrected chi connectivity index (χ4v) is 1.56. The van der Waals surface area contributed by atoms with Crippen LogP contribution in [0.2, 0.25) is 0 Å². The Morgan fingerprint density at radius 3 is 3.17 bits per heavy atom. The summed E-state index contributed by atoms with van der Waals surface area (Å²) in [7, 11) is 0. The number of hydrogen-bond donors (Lipinski definition) is 0. The maximum Gasteiger partial charge on any atom is 0.246 e. The number of carbonyl (C=O) groups is 1. The topological polar surface area (TPSA) is 44.1 Å². The zero-order valence-electron chi connectivity index (χ0n) is 6.99. The number of likely N-dealkylation sites (tertiary alicyclic amines) is 1. The van der Waals surface area contributed by atoms with Crippen LogP contribution >= 0.6 is 0 Å². The van der Waals surface area contributed by atoms with Gasteiger partial charge in [0, 0.05) is 12.6 Å². The van der Waals surface area contributed by atoms with E-state index in [1.807, 2.05) is 0 Å². The molecule has 0 bridgehead atoms. The molecular formula is C9H12N2O. The molecule has 1 atom stereocenters. The van der Waals surface area contributed by atoms with Gasteiger partial charge in [0.05, 0.1) is 12.5 Å². The predicted octanol–water partition coefficient (Wildman–Crippen LogP) is 1.08. The molecule has 0 aromatic rings. The smallest absolute Gasteiger partial charge is 0.246 e. The van der Waals surface area contributed by atoms with Gasteiger partial charge in [-0.1, -0.05) is 6.58 Å². The van der Waals surface area contributed by atoms with Gasteiger partial charge in [-0.2, -0.15) is 5.26 Å². The lowest BCUT2D eigenvalue weighted by Crippen LogP contribution is -2.33. The Balaban J connectivity index is 2.58. The summed E-state index contributed by atoms with van der Waals surface area (Å²) in [4.78, 5) is 12.9. The van der Waals surface area contributed by atoms with Crippen molar-refractivity contribution in [3.63, 3.8) is 0 Å². The van der Waals surface area contributed by atoms with Crippen molar-refractivity contribution in [3.05, 3.63) is 12.7 Å². The first-order valence-corrected chi connectivity index (χ1v) is 4.09. The van der Waals surface area contributed by atoms with Crippen molar-refractivity contribution < 1.29 is 4.79 Å². The molecule has 0 radical (unpaired) electrons. The van der Waals surface area contributed by atoms with Crippen LogP contribution in [0.5, 0.6) is 0 Å². The molecule has 0 N–H and O–H groups in total. The number of carbonyl (C=O) groups excluding carboxylic acids is 1. The molecule has 3 nitrogen and oxygen atoms in total. The summed E-state index contributed by atoms with van der Waals surface area (Å²) in [6, 6.07) is 2.22. The molecule has 0 aromatic carbocycles. The fraction of sp³-hybridized carbons (Fsp3) is 0.556. The van der Waals surface area contributed by atoms with E-state index in [9.17, 15) is 4.79 Å². The maximum absolute atomic E-state index is 11.2. The predicted molar refractivity (Wildman–Crippen MR) is 45.2 cm³/mol. The van der Waals surface area contributed by atoms with Crippen molar-refractivity contribution in [1.82, 2.24) is 4.90 Å². The second-order valence-corrected chi connectivity index (χ2v) is 2.89. The van der Waals surface area contributed by atoms with Crippen molar-refractivity contribution in [3.8, 4) is 6.07 Å². The molecule has 12 heavy (non-hydrogen) atoms. The highest BCUT2D eigenvalue weighted by Gasteiger charge is 2.26. The number of nitriles is 1. The molecule has 0 saturated carbocycles. The summed E-state index contributed by atoms with van der Waals surface area (Å²) in [5, 5.41) is 8.49. The third-order valence-corrected chi connectivity index (χ3v) is 2.16. The molecule has 1 aliphatic heterocycles. The zero-order chi connectivity index (χ0) is 8.97. The average Bonchev–Trinajstić information content (AvgIpc) is 2.52. The van der Waals surface area contributed by atoms with E-state index in [4.69, 9.17) is 5.26 Å². The molecule has 64 valence electrons. The Kier molecular flexibility index (Phi) is 2.87. The highest BCUT2D eigenvalue weighted by molar-refractivity contribution is 5.87. The SMILES string of the molecule is C=CC(=O)N1CCCC1CC#N. The van der Waals surface area contributed by atoms with Crippen molar-refractivity contribution in [2.24, 2.45) is 0 Å². The van der Waals surface area contributed by atoms with Crippen LogP contribution in [0.4, 0.5) is 0 Å². The first-order valence-electron chi connectivity index (χ1n) is 4.09. The van der Waals surface area contributed by atoms with E-state index < -0.39 is 0 Å². The third-order valence-electron chi connectivity index (χ3n) is 2.16. The number of amides is 1. The summed E-state index contributed by atoms with van der Waals surface area (Å²) < 4.78 is 0. The lowest BCUT2D eigenvalue weighted by Gasteiger charge is -2.20. The molecule has 0 aliphatic carbocycles. The average molecular weight is 164 g/mol. The largest absolute Gasteiger partial charge is 0.335 e. The Morgan fingerprint density at radius 2 is 2.58 bits per heavy atom. The van der Waals surface area contributed by atoms with Crippen molar-refractivity contribution in [2.75, 3.05) is 6.54 Å². The molecule has 1 fully saturated rings. The fourth-order valence-electron chi connectivity index (χ4n) is 1.56. The Bertz CT molecular complexity index is 229. The Labute approximate surface area is 72.3 Å². The van der Waals surface area contributed by atoms with E-state index in [1.165, 1.54) is 6.08 Å². The van der Waals surface area contributed by atoms with Gasteiger partial charge in [-0.15, -0.1) is 0 Å². The van der Waals surface area contributed by atoms with E-state index >= 15 is 0 Å². The van der Waals surface area contributed by atoms with Gasteiger partial charge in [0.15, 0.2) is 0 Å². The van der Waals surface area contributed by atoms with Crippen LogP contribution in [0.15, 0.2) is 12.7 Å². The van der Waals surface area contributed by atoms with Gasteiger partial charge in [-0.05, 0) is 18.9 Å². The Morgan fingerprint density at radius 1 is 1.83 bits per heavy atom. The number of hydrogen-bond acceptors (Lipinski definition) is 2. The first kappa shape index (κ1) is 8.79. The zero-order valence-corrected chi connectivity index (χ0v) is 6.99. The molecule has 1 heterocycles. The van der Waals surface area contributed by atoms with Gasteiger partial charge in [0.25, 0.3) is 0 Å². The molecule has 0 aromatic heterocycles. The summed E-state index contributed by atoms with van der Waals surface area (Å²) >= 11 is 0. The normalized spacial score (nSPS) is 21.9. The lowest BCUT2D eigenvalue weighted by molar-refractivity contribution is -0.126. The molecule has 1 amide bonds. The minimum atomic E-state index is -0.0484. The lowest BCUT2D eigenvalue weighted by atomic mass is 10.1. The summed E-state index contributed by atoms with van der Waals surface area (Å²) in [5.74, 6) is -0.0484. The molecule has 1 unspecified atom stereocenters. The Hall–Kier alpha value is -1.30. The van der Waals surface area contributed by atoms with Crippen LogP contribution in [0.25, 0.3) is 0 Å². The molecule has 0 spiro atoms. The number of rotatable bonds is 2. The van der Waals surface area contributed by atoms with Crippen molar-refractivity contribution >= 4 is 5.91 Å². The standard InChI is InChI=1S/C9H12N2O/c1-2-9(12)11-7-3-4-8(11)5-6-10/h2,8H,1,3-5,7H2. The highest BCUT2D eigenvalue weighted by atomic mass is 16.2. The quantitative estimate of drug-likeness (QED) is 0.573. The summed E-state index contributed by atoms with van der Waals surface area (Å²) in [6.45, 7) is 4.20. The summed E-state index contributed by atoms with van der Waals surface area (Å²) in [5.41, 5.74) is 0. The molecule has 1 rings (SSSR count). The van der Waals surface area contributed by atoms with Crippen LogP contribution < -0.4 is 0 Å². The van der Waals surface area contributed by atoms with Gasteiger partial charge in [0.1, 0.15) is 0 Å². The van der Waals surface area contributed by atoms with E-state index in [-0.39, 0.29) is 11.9 Å². The van der Waals surface area contributed by atoms with Crippen molar-refractivity contribution in [2.45, 2.75) is 25.3 Å². The van der Waals surface area contributed by atoms with Crippen LogP contribution in [0.1, 0.15) is 19.3 Å². The van der Waals surface area contributed by atoms with Gasteiger partial charge < -0.3 is 4.90 Å². The maximum atomic E-state index is 11.2. The van der Waals surface area contributed by atoms with Gasteiger partial charge in [-0.3, -0.25) is 4.79 Å². The third kappa shape index (κ3) is 1.65. The first-order chi connectivity index (χ1) is 5.79.